The third kappa shape index (κ3) is 3.08. The van der Waals surface area contributed by atoms with Crippen LogP contribution >= 0.6 is 11.6 Å². The van der Waals surface area contributed by atoms with Gasteiger partial charge in [0, 0.05) is 31.0 Å². The van der Waals surface area contributed by atoms with Crippen molar-refractivity contribution in [1.29, 1.82) is 0 Å². The zero-order valence-corrected chi connectivity index (χ0v) is 11.6. The largest absolute Gasteiger partial charge is 0.507 e. The minimum absolute atomic E-state index is 0.0307. The Bertz CT molecular complexity index is 554. The first-order chi connectivity index (χ1) is 9.64. The van der Waals surface area contributed by atoms with Crippen molar-refractivity contribution >= 4 is 17.5 Å². The topological polar surface area (TPSA) is 60.8 Å². The lowest BCUT2D eigenvalue weighted by molar-refractivity contribution is -0.271. The molecule has 0 saturated carbocycles. The molecule has 2 N–H and O–H groups in total. The maximum atomic E-state index is 12.7. The van der Waals surface area contributed by atoms with Crippen LogP contribution in [-0.4, -0.2) is 45.9 Å². The summed E-state index contributed by atoms with van der Waals surface area (Å²) in [5.41, 5.74) is -2.79. The fourth-order valence-electron chi connectivity index (χ4n) is 2.22. The van der Waals surface area contributed by atoms with Gasteiger partial charge in [-0.1, -0.05) is 11.6 Å². The molecule has 8 heteroatoms. The van der Waals surface area contributed by atoms with E-state index in [9.17, 15) is 28.2 Å². The van der Waals surface area contributed by atoms with Gasteiger partial charge in [0.15, 0.2) is 5.60 Å². The van der Waals surface area contributed by atoms with Gasteiger partial charge in [-0.05, 0) is 18.2 Å². The van der Waals surface area contributed by atoms with Crippen LogP contribution < -0.4 is 0 Å². The van der Waals surface area contributed by atoms with E-state index >= 15 is 0 Å². The number of alkyl halides is 3. The van der Waals surface area contributed by atoms with E-state index in [0.29, 0.717) is 0 Å². The van der Waals surface area contributed by atoms with Crippen LogP contribution in [0.1, 0.15) is 23.2 Å². The van der Waals surface area contributed by atoms with E-state index in [1.54, 1.807) is 0 Å². The van der Waals surface area contributed by atoms with E-state index in [0.717, 1.165) is 0 Å². The lowest BCUT2D eigenvalue weighted by Crippen LogP contribution is -2.54. The summed E-state index contributed by atoms with van der Waals surface area (Å²) in [6.45, 7) is -0.478. The average Bonchev–Trinajstić information content (AvgIpc) is 2.37. The molecule has 1 fully saturated rings. The van der Waals surface area contributed by atoms with Crippen molar-refractivity contribution in [1.82, 2.24) is 4.90 Å². The smallest absolute Gasteiger partial charge is 0.417 e. The van der Waals surface area contributed by atoms with Gasteiger partial charge in [-0.3, -0.25) is 4.79 Å². The zero-order valence-electron chi connectivity index (χ0n) is 10.8. The molecule has 0 aliphatic carbocycles. The monoisotopic (exact) mass is 323 g/mol. The second-order valence-electron chi connectivity index (χ2n) is 4.98. The van der Waals surface area contributed by atoms with Crippen LogP contribution in [0.4, 0.5) is 13.2 Å². The summed E-state index contributed by atoms with van der Waals surface area (Å²) in [5.74, 6) is -0.919. The summed E-state index contributed by atoms with van der Waals surface area (Å²) in [6.07, 6.45) is -5.89. The number of likely N-dealkylation sites (tertiary alicyclic amines) is 1. The number of phenols is 1. The highest BCUT2D eigenvalue weighted by Crippen LogP contribution is 2.38. The maximum absolute atomic E-state index is 12.7. The number of carbonyl (C=O) groups excluding carboxylic acids is 1. The quantitative estimate of drug-likeness (QED) is 0.835. The minimum Gasteiger partial charge on any atom is -0.507 e. The standard InChI is InChI=1S/C13H13ClF3NO3/c14-8-1-2-9(10(19)7-8)11(20)18-5-3-12(21,4-6-18)13(15,16)17/h1-2,7,19,21H,3-6H2. The Morgan fingerprint density at radius 2 is 1.86 bits per heavy atom. The van der Waals surface area contributed by atoms with Crippen molar-refractivity contribution in [2.24, 2.45) is 0 Å². The van der Waals surface area contributed by atoms with Gasteiger partial charge in [0.05, 0.1) is 5.56 Å². The van der Waals surface area contributed by atoms with E-state index in [1.807, 2.05) is 0 Å². The molecule has 2 rings (SSSR count). The minimum atomic E-state index is -4.72. The number of halogens is 4. The first-order valence-corrected chi connectivity index (χ1v) is 6.59. The molecule has 1 aromatic carbocycles. The zero-order chi connectivity index (χ0) is 15.8. The molecule has 0 bridgehead atoms. The number of rotatable bonds is 1. The molecule has 0 unspecified atom stereocenters. The summed E-state index contributed by atoms with van der Waals surface area (Å²) in [4.78, 5) is 13.3. The number of hydrogen-bond acceptors (Lipinski definition) is 3. The van der Waals surface area contributed by atoms with Crippen molar-refractivity contribution in [3.8, 4) is 5.75 Å². The highest BCUT2D eigenvalue weighted by atomic mass is 35.5. The number of benzene rings is 1. The second-order valence-corrected chi connectivity index (χ2v) is 5.42. The Labute approximate surface area is 123 Å². The lowest BCUT2D eigenvalue weighted by atomic mass is 9.90. The fourth-order valence-corrected chi connectivity index (χ4v) is 2.39. The number of nitrogens with zero attached hydrogens (tertiary/aromatic N) is 1. The third-order valence-corrected chi connectivity index (χ3v) is 3.83. The molecular formula is C13H13ClF3NO3. The first kappa shape index (κ1) is 15.9. The molecule has 1 saturated heterocycles. The van der Waals surface area contributed by atoms with Crippen LogP contribution in [-0.2, 0) is 0 Å². The Morgan fingerprint density at radius 1 is 1.29 bits per heavy atom. The van der Waals surface area contributed by atoms with Crippen LogP contribution in [0, 0.1) is 0 Å². The lowest BCUT2D eigenvalue weighted by Gasteiger charge is -2.39. The Kier molecular flexibility index (Phi) is 4.08. The Hall–Kier alpha value is -1.47. The molecule has 1 amide bonds. The molecule has 1 aromatic rings. The number of aromatic hydroxyl groups is 1. The normalized spacial score (nSPS) is 18.6. The predicted molar refractivity (Wildman–Crippen MR) is 69.3 cm³/mol. The molecule has 4 nitrogen and oxygen atoms in total. The second kappa shape index (κ2) is 5.38. The number of phenolic OH excluding ortho intramolecular Hbond substituents is 1. The van der Waals surface area contributed by atoms with Gasteiger partial charge in [-0.25, -0.2) is 0 Å². The molecule has 21 heavy (non-hydrogen) atoms. The summed E-state index contributed by atoms with van der Waals surface area (Å²) < 4.78 is 38.0. The summed E-state index contributed by atoms with van der Waals surface area (Å²) in [6, 6.07) is 3.90. The molecule has 116 valence electrons. The number of aliphatic hydroxyl groups is 1. The Balaban J connectivity index is 2.10. The van der Waals surface area contributed by atoms with Gasteiger partial charge >= 0.3 is 6.18 Å². The summed E-state index contributed by atoms with van der Waals surface area (Å²) in [7, 11) is 0. The van der Waals surface area contributed by atoms with Crippen LogP contribution in [0.15, 0.2) is 18.2 Å². The SMILES string of the molecule is O=C(c1ccc(Cl)cc1O)N1CCC(O)(C(F)(F)F)CC1. The molecular weight excluding hydrogens is 311 g/mol. The maximum Gasteiger partial charge on any atom is 0.417 e. The molecule has 1 heterocycles. The van der Waals surface area contributed by atoms with Gasteiger partial charge < -0.3 is 15.1 Å². The highest BCUT2D eigenvalue weighted by Gasteiger charge is 2.54. The fraction of sp³-hybridized carbons (Fsp3) is 0.462. The van der Waals surface area contributed by atoms with Gasteiger partial charge in [0.2, 0.25) is 0 Å². The van der Waals surface area contributed by atoms with Crippen LogP contribution in [0.5, 0.6) is 5.75 Å². The molecule has 0 radical (unpaired) electrons. The van der Waals surface area contributed by atoms with Crippen molar-refractivity contribution in [3.05, 3.63) is 28.8 Å². The van der Waals surface area contributed by atoms with Gasteiger partial charge in [0.1, 0.15) is 5.75 Å². The number of carbonyl (C=O) groups is 1. The number of piperidine rings is 1. The number of hydrogen-bond donors (Lipinski definition) is 2. The van der Waals surface area contributed by atoms with E-state index in [2.05, 4.69) is 0 Å². The summed E-state index contributed by atoms with van der Waals surface area (Å²) >= 11 is 5.65. The van der Waals surface area contributed by atoms with Crippen molar-refractivity contribution in [2.75, 3.05) is 13.1 Å². The van der Waals surface area contributed by atoms with E-state index in [-0.39, 0.29) is 29.4 Å². The van der Waals surface area contributed by atoms with Crippen molar-refractivity contribution < 1.29 is 28.2 Å². The van der Waals surface area contributed by atoms with Crippen molar-refractivity contribution in [3.63, 3.8) is 0 Å². The average molecular weight is 324 g/mol. The van der Waals surface area contributed by atoms with E-state index < -0.39 is 30.5 Å². The van der Waals surface area contributed by atoms with Crippen molar-refractivity contribution in [2.45, 2.75) is 24.6 Å². The third-order valence-electron chi connectivity index (χ3n) is 3.60. The molecule has 0 aromatic heterocycles. The Morgan fingerprint density at radius 3 is 2.33 bits per heavy atom. The van der Waals surface area contributed by atoms with Gasteiger partial charge in [-0.15, -0.1) is 0 Å². The highest BCUT2D eigenvalue weighted by molar-refractivity contribution is 6.30. The predicted octanol–water partition coefficient (Wildman–Crippen LogP) is 2.58. The van der Waals surface area contributed by atoms with Gasteiger partial charge in [-0.2, -0.15) is 13.2 Å². The molecule has 1 aliphatic heterocycles. The van der Waals surface area contributed by atoms with E-state index in [4.69, 9.17) is 11.6 Å². The van der Waals surface area contributed by atoms with Crippen LogP contribution in [0.25, 0.3) is 0 Å². The van der Waals surface area contributed by atoms with E-state index in [1.165, 1.54) is 23.1 Å². The number of amides is 1. The molecule has 0 spiro atoms. The first-order valence-electron chi connectivity index (χ1n) is 6.21. The van der Waals surface area contributed by atoms with Crippen LogP contribution in [0.2, 0.25) is 5.02 Å². The molecule has 0 atom stereocenters. The van der Waals surface area contributed by atoms with Crippen LogP contribution in [0.3, 0.4) is 0 Å². The van der Waals surface area contributed by atoms with Gasteiger partial charge in [0.25, 0.3) is 5.91 Å². The summed E-state index contributed by atoms with van der Waals surface area (Å²) in [5, 5.41) is 19.4. The molecule has 1 aliphatic rings.